The molecule has 1 heterocycles. The Kier molecular flexibility index (Phi) is 5.53. The topological polar surface area (TPSA) is 69.0 Å². The summed E-state index contributed by atoms with van der Waals surface area (Å²) in [7, 11) is 0. The second-order valence-electron chi connectivity index (χ2n) is 5.92. The summed E-state index contributed by atoms with van der Waals surface area (Å²) >= 11 is 5.98. The molecule has 3 rings (SSSR count). The Bertz CT molecular complexity index is 879. The van der Waals surface area contributed by atoms with Gasteiger partial charge in [-0.2, -0.15) is 5.10 Å². The highest BCUT2D eigenvalue weighted by Crippen LogP contribution is 2.21. The van der Waals surface area contributed by atoms with E-state index in [-0.39, 0.29) is 18.6 Å². The Morgan fingerprint density at radius 3 is 2.69 bits per heavy atom. The summed E-state index contributed by atoms with van der Waals surface area (Å²) in [6, 6.07) is 12.9. The molecular weight excluding hydrogens is 352 g/mol. The minimum Gasteiger partial charge on any atom is -0.484 e. The van der Waals surface area contributed by atoms with Crippen LogP contribution in [-0.2, 0) is 4.79 Å². The van der Waals surface area contributed by atoms with Gasteiger partial charge in [0, 0.05) is 5.02 Å². The average Bonchev–Trinajstić information content (AvgIpc) is 3.17. The number of benzene rings is 2. The molecule has 0 aliphatic heterocycles. The van der Waals surface area contributed by atoms with Gasteiger partial charge in [-0.15, -0.1) is 0 Å². The van der Waals surface area contributed by atoms with Crippen LogP contribution in [0, 0.1) is 6.92 Å². The molecule has 134 valence electrons. The molecule has 1 aromatic heterocycles. The van der Waals surface area contributed by atoms with Gasteiger partial charge in [0.05, 0.1) is 11.7 Å². The molecule has 26 heavy (non-hydrogen) atoms. The lowest BCUT2D eigenvalue weighted by Gasteiger charge is -2.15. The molecule has 0 bridgehead atoms. The summed E-state index contributed by atoms with van der Waals surface area (Å²) in [4.78, 5) is 16.0. The molecular formula is C19H19ClN4O2. The maximum absolute atomic E-state index is 12.1. The van der Waals surface area contributed by atoms with E-state index in [4.69, 9.17) is 16.3 Å². The van der Waals surface area contributed by atoms with E-state index >= 15 is 0 Å². The van der Waals surface area contributed by atoms with Crippen LogP contribution in [0.1, 0.15) is 24.1 Å². The highest BCUT2D eigenvalue weighted by Gasteiger charge is 2.11. The maximum atomic E-state index is 12.1. The quantitative estimate of drug-likeness (QED) is 0.721. The van der Waals surface area contributed by atoms with E-state index in [0.717, 1.165) is 16.8 Å². The summed E-state index contributed by atoms with van der Waals surface area (Å²) in [6.07, 6.45) is 3.12. The van der Waals surface area contributed by atoms with Gasteiger partial charge in [0.25, 0.3) is 5.91 Å². The first-order chi connectivity index (χ1) is 12.5. The Morgan fingerprint density at radius 2 is 2.04 bits per heavy atom. The van der Waals surface area contributed by atoms with E-state index in [1.54, 1.807) is 23.1 Å². The fraction of sp³-hybridized carbons (Fsp3) is 0.211. The molecule has 0 saturated carbocycles. The Labute approximate surface area is 156 Å². The molecule has 1 unspecified atom stereocenters. The third-order valence-corrected chi connectivity index (χ3v) is 4.38. The van der Waals surface area contributed by atoms with E-state index < -0.39 is 0 Å². The molecule has 0 radical (unpaired) electrons. The van der Waals surface area contributed by atoms with E-state index in [2.05, 4.69) is 15.4 Å². The number of carbonyl (C=O) groups excluding carboxylic acids is 1. The molecule has 1 amide bonds. The number of nitrogens with one attached hydrogen (secondary N) is 1. The summed E-state index contributed by atoms with van der Waals surface area (Å²) in [6.45, 7) is 3.76. The lowest BCUT2D eigenvalue weighted by atomic mass is 10.1. The van der Waals surface area contributed by atoms with Crippen molar-refractivity contribution in [1.82, 2.24) is 20.1 Å². The van der Waals surface area contributed by atoms with Crippen LogP contribution in [-0.4, -0.2) is 27.3 Å². The van der Waals surface area contributed by atoms with Crippen LogP contribution >= 0.6 is 11.6 Å². The fourth-order valence-electron chi connectivity index (χ4n) is 2.48. The maximum Gasteiger partial charge on any atom is 0.258 e. The molecule has 6 nitrogen and oxygen atoms in total. The van der Waals surface area contributed by atoms with E-state index in [0.29, 0.717) is 10.8 Å². The summed E-state index contributed by atoms with van der Waals surface area (Å²) in [5.41, 5.74) is 2.81. The van der Waals surface area contributed by atoms with Gasteiger partial charge < -0.3 is 10.1 Å². The number of rotatable bonds is 6. The first-order valence-electron chi connectivity index (χ1n) is 8.16. The van der Waals surface area contributed by atoms with Crippen molar-refractivity contribution in [2.75, 3.05) is 6.61 Å². The molecule has 0 spiro atoms. The number of aryl methyl sites for hydroxylation is 1. The van der Waals surface area contributed by atoms with Crippen LogP contribution in [0.2, 0.25) is 5.02 Å². The number of nitrogens with zero attached hydrogens (tertiary/aromatic N) is 3. The number of amides is 1. The van der Waals surface area contributed by atoms with E-state index in [1.807, 2.05) is 44.2 Å². The highest BCUT2D eigenvalue weighted by atomic mass is 35.5. The molecule has 0 fully saturated rings. The molecule has 3 aromatic rings. The Hall–Kier alpha value is -2.86. The van der Waals surface area contributed by atoms with Crippen molar-refractivity contribution in [3.63, 3.8) is 0 Å². The highest BCUT2D eigenvalue weighted by molar-refractivity contribution is 6.31. The van der Waals surface area contributed by atoms with Crippen LogP contribution in [0.25, 0.3) is 5.69 Å². The average molecular weight is 371 g/mol. The number of ether oxygens (including phenoxy) is 1. The van der Waals surface area contributed by atoms with Crippen molar-refractivity contribution >= 4 is 17.5 Å². The SMILES string of the molecule is Cc1cc(OCC(=O)NC(C)c2ccc(-n3cncn3)cc2)ccc1Cl. The number of aromatic nitrogens is 3. The van der Waals surface area contributed by atoms with Gasteiger partial charge in [0.2, 0.25) is 0 Å². The molecule has 1 atom stereocenters. The normalized spacial score (nSPS) is 11.8. The fourth-order valence-corrected chi connectivity index (χ4v) is 2.60. The van der Waals surface area contributed by atoms with Gasteiger partial charge in [-0.1, -0.05) is 23.7 Å². The van der Waals surface area contributed by atoms with Crippen LogP contribution < -0.4 is 10.1 Å². The lowest BCUT2D eigenvalue weighted by Crippen LogP contribution is -2.31. The second-order valence-corrected chi connectivity index (χ2v) is 6.33. The zero-order valence-corrected chi connectivity index (χ0v) is 15.3. The molecule has 2 aromatic carbocycles. The van der Waals surface area contributed by atoms with Gasteiger partial charge in [-0.25, -0.2) is 9.67 Å². The van der Waals surface area contributed by atoms with Crippen LogP contribution in [0.15, 0.2) is 55.1 Å². The van der Waals surface area contributed by atoms with Gasteiger partial charge in [0.1, 0.15) is 18.4 Å². The standard InChI is InChI=1S/C19H19ClN4O2/c1-13-9-17(7-8-18(13)20)26-10-19(25)23-14(2)15-3-5-16(6-4-15)24-12-21-11-22-24/h3-9,11-12,14H,10H2,1-2H3,(H,23,25). The van der Waals surface area contributed by atoms with Gasteiger partial charge in [0.15, 0.2) is 6.61 Å². The molecule has 1 N–H and O–H groups in total. The van der Waals surface area contributed by atoms with Crippen molar-refractivity contribution in [1.29, 1.82) is 0 Å². The van der Waals surface area contributed by atoms with Gasteiger partial charge in [-0.05, 0) is 55.3 Å². The predicted octanol–water partition coefficient (Wildman–Crippen LogP) is 3.49. The van der Waals surface area contributed by atoms with Crippen molar-refractivity contribution in [2.24, 2.45) is 0 Å². The Morgan fingerprint density at radius 1 is 1.27 bits per heavy atom. The number of carbonyl (C=O) groups is 1. The predicted molar refractivity (Wildman–Crippen MR) is 99.6 cm³/mol. The van der Waals surface area contributed by atoms with Crippen molar-refractivity contribution in [3.8, 4) is 11.4 Å². The molecule has 0 aliphatic rings. The molecule has 0 saturated heterocycles. The van der Waals surface area contributed by atoms with Crippen molar-refractivity contribution < 1.29 is 9.53 Å². The third-order valence-electron chi connectivity index (χ3n) is 3.95. The first kappa shape index (κ1) is 17.9. The van der Waals surface area contributed by atoms with E-state index in [9.17, 15) is 4.79 Å². The Balaban J connectivity index is 1.54. The smallest absolute Gasteiger partial charge is 0.258 e. The monoisotopic (exact) mass is 370 g/mol. The minimum atomic E-state index is -0.189. The van der Waals surface area contributed by atoms with Crippen molar-refractivity contribution in [2.45, 2.75) is 19.9 Å². The van der Waals surface area contributed by atoms with Gasteiger partial charge in [-0.3, -0.25) is 4.79 Å². The number of hydrogen-bond acceptors (Lipinski definition) is 4. The lowest BCUT2D eigenvalue weighted by molar-refractivity contribution is -0.123. The zero-order chi connectivity index (χ0) is 18.5. The number of halogens is 1. The van der Waals surface area contributed by atoms with Crippen LogP contribution in [0.3, 0.4) is 0 Å². The van der Waals surface area contributed by atoms with E-state index in [1.165, 1.54) is 6.33 Å². The summed E-state index contributed by atoms with van der Waals surface area (Å²) < 4.78 is 7.19. The van der Waals surface area contributed by atoms with Crippen LogP contribution in [0.4, 0.5) is 0 Å². The van der Waals surface area contributed by atoms with Crippen LogP contribution in [0.5, 0.6) is 5.75 Å². The third kappa shape index (κ3) is 4.40. The minimum absolute atomic E-state index is 0.0531. The first-order valence-corrected chi connectivity index (χ1v) is 8.54. The number of hydrogen-bond donors (Lipinski definition) is 1. The van der Waals surface area contributed by atoms with Crippen molar-refractivity contribution in [3.05, 3.63) is 71.3 Å². The summed E-state index contributed by atoms with van der Waals surface area (Å²) in [5.74, 6) is 0.428. The zero-order valence-electron chi connectivity index (χ0n) is 14.5. The molecule has 7 heteroatoms. The largest absolute Gasteiger partial charge is 0.484 e. The second kappa shape index (κ2) is 8.01. The molecule has 0 aliphatic carbocycles. The summed E-state index contributed by atoms with van der Waals surface area (Å²) in [5, 5.41) is 7.68. The van der Waals surface area contributed by atoms with Gasteiger partial charge >= 0.3 is 0 Å².